The summed E-state index contributed by atoms with van der Waals surface area (Å²) < 4.78 is 72.6. The van der Waals surface area contributed by atoms with Crippen LogP contribution >= 0.6 is 11.3 Å². The predicted molar refractivity (Wildman–Crippen MR) is 112 cm³/mol. The van der Waals surface area contributed by atoms with Gasteiger partial charge in [-0.05, 0) is 32.0 Å². The lowest BCUT2D eigenvalue weighted by Gasteiger charge is -2.35. The van der Waals surface area contributed by atoms with Crippen LogP contribution < -0.4 is 4.90 Å². The number of anilines is 1. The van der Waals surface area contributed by atoms with Gasteiger partial charge in [-0.3, -0.25) is 0 Å². The number of benzene rings is 1. The first-order valence-corrected chi connectivity index (χ1v) is 11.8. The van der Waals surface area contributed by atoms with Gasteiger partial charge in [0.25, 0.3) is 0 Å². The summed E-state index contributed by atoms with van der Waals surface area (Å²) >= 11 is 1.38. The van der Waals surface area contributed by atoms with Crippen molar-refractivity contribution in [1.82, 2.24) is 9.46 Å². The van der Waals surface area contributed by atoms with E-state index in [4.69, 9.17) is 4.52 Å². The van der Waals surface area contributed by atoms with Crippen LogP contribution in [0, 0.1) is 13.8 Å². The van der Waals surface area contributed by atoms with E-state index in [1.54, 1.807) is 24.0 Å². The summed E-state index contributed by atoms with van der Waals surface area (Å²) in [6, 6.07) is 6.71. The lowest BCUT2D eigenvalue weighted by molar-refractivity contribution is -0.137. The third-order valence-corrected chi connectivity index (χ3v) is 8.49. The Hall–Kier alpha value is -2.37. The smallest absolute Gasteiger partial charge is 0.369 e. The molecule has 1 aliphatic heterocycles. The van der Waals surface area contributed by atoms with E-state index in [0.717, 1.165) is 17.0 Å². The fourth-order valence-corrected chi connectivity index (χ4v) is 7.04. The van der Waals surface area contributed by atoms with Gasteiger partial charge in [0, 0.05) is 47.7 Å². The molecule has 1 saturated heterocycles. The van der Waals surface area contributed by atoms with Crippen molar-refractivity contribution in [3.05, 3.63) is 51.8 Å². The van der Waals surface area contributed by atoms with Gasteiger partial charge in [-0.1, -0.05) is 11.2 Å². The third kappa shape index (κ3) is 4.09. The summed E-state index contributed by atoms with van der Waals surface area (Å²) in [5, 5.41) is 3.69. The van der Waals surface area contributed by atoms with Crippen molar-refractivity contribution < 1.29 is 26.1 Å². The van der Waals surface area contributed by atoms with Crippen LogP contribution in [0.3, 0.4) is 0 Å². The molecule has 31 heavy (non-hydrogen) atoms. The number of thiophene rings is 1. The molecule has 0 spiro atoms. The molecule has 2 aromatic heterocycles. The van der Waals surface area contributed by atoms with Crippen molar-refractivity contribution >= 4 is 27.0 Å². The van der Waals surface area contributed by atoms with Crippen LogP contribution in [0.15, 0.2) is 45.9 Å². The lowest BCUT2D eigenvalue weighted by atomic mass is 10.1. The number of alkyl halides is 3. The molecular weight excluding hydrogens is 451 g/mol. The van der Waals surface area contributed by atoms with Gasteiger partial charge in [0.05, 0.1) is 17.3 Å². The van der Waals surface area contributed by atoms with Crippen LogP contribution in [0.25, 0.3) is 11.3 Å². The minimum absolute atomic E-state index is 0.169. The van der Waals surface area contributed by atoms with E-state index in [9.17, 15) is 21.6 Å². The van der Waals surface area contributed by atoms with Crippen LogP contribution in [-0.2, 0) is 16.2 Å². The molecule has 3 aromatic rings. The van der Waals surface area contributed by atoms with E-state index in [-0.39, 0.29) is 18.0 Å². The molecule has 0 bridgehead atoms. The molecule has 3 heterocycles. The Balaban J connectivity index is 1.58. The normalized spacial score (nSPS) is 16.1. The highest BCUT2D eigenvalue weighted by atomic mass is 32.2. The average molecular weight is 472 g/mol. The number of aromatic nitrogens is 1. The van der Waals surface area contributed by atoms with E-state index < -0.39 is 21.8 Å². The SMILES string of the molecule is Cc1sc(C)c(S(=O)(=O)N2CCN(c3cccc(C(F)(F)F)c3)CC2)c1-c1ccno1. The predicted octanol–water partition coefficient (Wildman–Crippen LogP) is 4.55. The Kier molecular flexibility index (Phi) is 5.61. The number of hydrogen-bond donors (Lipinski definition) is 0. The van der Waals surface area contributed by atoms with Gasteiger partial charge in [-0.25, -0.2) is 8.42 Å². The number of halogens is 3. The summed E-state index contributed by atoms with van der Waals surface area (Å²) in [5.41, 5.74) is 0.221. The standard InChI is InChI=1S/C20H20F3N3O3S2/c1-13-18(17-6-7-24-29-17)19(14(2)30-13)31(27,28)26-10-8-25(9-11-26)16-5-3-4-15(12-16)20(21,22)23/h3-7,12H,8-11H2,1-2H3. The first-order chi connectivity index (χ1) is 14.6. The van der Waals surface area contributed by atoms with Crippen molar-refractivity contribution in [2.75, 3.05) is 31.1 Å². The zero-order valence-corrected chi connectivity index (χ0v) is 18.4. The van der Waals surface area contributed by atoms with E-state index in [1.165, 1.54) is 27.9 Å². The molecule has 1 fully saturated rings. The maximum Gasteiger partial charge on any atom is 0.416 e. The highest BCUT2D eigenvalue weighted by Crippen LogP contribution is 2.40. The molecule has 0 radical (unpaired) electrons. The van der Waals surface area contributed by atoms with Gasteiger partial charge < -0.3 is 9.42 Å². The quantitative estimate of drug-likeness (QED) is 0.559. The van der Waals surface area contributed by atoms with Gasteiger partial charge in [0.1, 0.15) is 4.90 Å². The monoisotopic (exact) mass is 471 g/mol. The Morgan fingerprint density at radius 2 is 1.77 bits per heavy atom. The molecule has 11 heteroatoms. The Bertz CT molecular complexity index is 1180. The summed E-state index contributed by atoms with van der Waals surface area (Å²) in [6.07, 6.45) is -2.96. The zero-order valence-electron chi connectivity index (χ0n) is 16.8. The van der Waals surface area contributed by atoms with Crippen molar-refractivity contribution in [3.63, 3.8) is 0 Å². The summed E-state index contributed by atoms with van der Waals surface area (Å²) in [4.78, 5) is 3.45. The number of nitrogens with zero attached hydrogens (tertiary/aromatic N) is 3. The van der Waals surface area contributed by atoms with Crippen molar-refractivity contribution in [2.45, 2.75) is 24.9 Å². The molecule has 6 nitrogen and oxygen atoms in total. The maximum absolute atomic E-state index is 13.5. The Morgan fingerprint density at radius 1 is 1.06 bits per heavy atom. The van der Waals surface area contributed by atoms with E-state index in [1.807, 2.05) is 6.92 Å². The molecule has 1 aromatic carbocycles. The molecule has 0 aliphatic carbocycles. The second-order valence-electron chi connectivity index (χ2n) is 7.23. The number of aryl methyl sites for hydroxylation is 2. The van der Waals surface area contributed by atoms with Crippen LogP contribution in [0.5, 0.6) is 0 Å². The second-order valence-corrected chi connectivity index (χ2v) is 10.5. The van der Waals surface area contributed by atoms with Gasteiger partial charge in [-0.15, -0.1) is 11.3 Å². The molecule has 1 aliphatic rings. The van der Waals surface area contributed by atoms with E-state index in [0.29, 0.717) is 35.0 Å². The zero-order chi connectivity index (χ0) is 22.4. The summed E-state index contributed by atoms with van der Waals surface area (Å²) in [6.45, 7) is 4.51. The van der Waals surface area contributed by atoms with Crippen molar-refractivity contribution in [3.8, 4) is 11.3 Å². The highest BCUT2D eigenvalue weighted by molar-refractivity contribution is 7.89. The lowest BCUT2D eigenvalue weighted by Crippen LogP contribution is -2.48. The van der Waals surface area contributed by atoms with Crippen LogP contribution in [-0.4, -0.2) is 44.1 Å². The summed E-state index contributed by atoms with van der Waals surface area (Å²) in [7, 11) is -3.82. The maximum atomic E-state index is 13.5. The number of rotatable bonds is 4. The van der Waals surface area contributed by atoms with Gasteiger partial charge in [-0.2, -0.15) is 17.5 Å². The second kappa shape index (κ2) is 7.95. The van der Waals surface area contributed by atoms with E-state index in [2.05, 4.69) is 5.16 Å². The minimum atomic E-state index is -4.42. The fraction of sp³-hybridized carbons (Fsp3) is 0.350. The molecule has 0 amide bonds. The first-order valence-electron chi connectivity index (χ1n) is 9.52. The third-order valence-electron chi connectivity index (χ3n) is 5.26. The van der Waals surface area contributed by atoms with Crippen LogP contribution in [0.2, 0.25) is 0 Å². The van der Waals surface area contributed by atoms with Crippen LogP contribution in [0.4, 0.5) is 18.9 Å². The summed E-state index contributed by atoms with van der Waals surface area (Å²) in [5.74, 6) is 0.392. The van der Waals surface area contributed by atoms with Gasteiger partial charge in [0.2, 0.25) is 10.0 Å². The number of piperazine rings is 1. The van der Waals surface area contributed by atoms with Crippen molar-refractivity contribution in [1.29, 1.82) is 0 Å². The first kappa shape index (κ1) is 21.8. The Morgan fingerprint density at radius 3 is 2.39 bits per heavy atom. The molecule has 0 unspecified atom stereocenters. The highest BCUT2D eigenvalue weighted by Gasteiger charge is 2.35. The minimum Gasteiger partial charge on any atom is -0.369 e. The largest absolute Gasteiger partial charge is 0.416 e. The fourth-order valence-electron chi connectivity index (χ4n) is 3.80. The molecular formula is C20H20F3N3O3S2. The van der Waals surface area contributed by atoms with Gasteiger partial charge in [0.15, 0.2) is 5.76 Å². The molecule has 0 saturated carbocycles. The molecule has 0 atom stereocenters. The topological polar surface area (TPSA) is 66.7 Å². The van der Waals surface area contributed by atoms with E-state index >= 15 is 0 Å². The molecule has 166 valence electrons. The molecule has 0 N–H and O–H groups in total. The average Bonchev–Trinajstić information content (AvgIpc) is 3.35. The van der Waals surface area contributed by atoms with Crippen LogP contribution in [0.1, 0.15) is 15.3 Å². The Labute approximate surface area is 181 Å². The van der Waals surface area contributed by atoms with Crippen molar-refractivity contribution in [2.24, 2.45) is 0 Å². The number of hydrogen-bond acceptors (Lipinski definition) is 6. The molecule has 4 rings (SSSR count). The van der Waals surface area contributed by atoms with Gasteiger partial charge >= 0.3 is 6.18 Å². The number of sulfonamides is 1.